The molecule has 0 aliphatic heterocycles. The topological polar surface area (TPSA) is 23.8 Å². The first-order valence-corrected chi connectivity index (χ1v) is 1.17. The first-order chi connectivity index (χ1) is 1.91. The summed E-state index contributed by atoms with van der Waals surface area (Å²) in [4.78, 5) is 0. The second-order valence-electron chi connectivity index (χ2n) is 0.493. The fourth-order valence-corrected chi connectivity index (χ4v) is 0. The van der Waals surface area contributed by atoms with Gasteiger partial charge in [-0.05, 0) is 0 Å². The van der Waals surface area contributed by atoms with Crippen molar-refractivity contribution in [1.29, 1.82) is 0 Å². The lowest BCUT2D eigenvalue weighted by molar-refractivity contribution is 1.20. The smallest absolute Gasteiger partial charge is 0.0278 e. The van der Waals surface area contributed by atoms with Gasteiger partial charge in [-0.25, -0.2) is 0 Å². The van der Waals surface area contributed by atoms with E-state index in [9.17, 15) is 0 Å². The van der Waals surface area contributed by atoms with Gasteiger partial charge in [-0.3, -0.25) is 5.73 Å². The predicted molar refractivity (Wildman–Crippen MR) is 18.2 cm³/mol. The van der Waals surface area contributed by atoms with Crippen LogP contribution in [0.5, 0.6) is 0 Å². The Morgan fingerprint density at radius 3 is 2.25 bits per heavy atom. The molecule has 0 unspecified atom stereocenters. The highest BCUT2D eigenvalue weighted by molar-refractivity contribution is 4.64. The van der Waals surface area contributed by atoms with Crippen LogP contribution >= 0.6 is 0 Å². The van der Waals surface area contributed by atoms with E-state index < -0.39 is 0 Å². The molecule has 4 heavy (non-hydrogen) atoms. The minimum atomic E-state index is 0.333. The van der Waals surface area contributed by atoms with Gasteiger partial charge in [0.25, 0.3) is 0 Å². The van der Waals surface area contributed by atoms with Gasteiger partial charge in [0.2, 0.25) is 0 Å². The minimum absolute atomic E-state index is 0.333. The van der Waals surface area contributed by atoms with E-state index in [0.29, 0.717) is 6.54 Å². The van der Waals surface area contributed by atoms with Gasteiger partial charge in [-0.1, -0.05) is 6.08 Å². The third kappa shape index (κ3) is 1.70. The summed E-state index contributed by atoms with van der Waals surface area (Å²) in [5.74, 6) is 0. The molecule has 0 bridgehead atoms. The number of hydrogen-bond acceptors (Lipinski definition) is 0. The molecule has 0 aromatic heterocycles. The van der Waals surface area contributed by atoms with Crippen molar-refractivity contribution in [2.75, 3.05) is 6.54 Å². The second kappa shape index (κ2) is 2.70. The lowest BCUT2D eigenvalue weighted by Gasteiger charge is -1.58. The summed E-state index contributed by atoms with van der Waals surface area (Å²) in [6.07, 6.45) is 1.54. The Labute approximate surface area is 26.1 Å². The molecule has 0 aliphatic carbocycles. The lowest BCUT2D eigenvalue weighted by atomic mass is 11.1. The molecule has 0 rings (SSSR count). The van der Waals surface area contributed by atoms with Crippen LogP contribution in [0.15, 0.2) is 12.7 Å². The highest BCUT2D eigenvalue weighted by atomic mass is 15.2. The molecular formula is C3H6N. The van der Waals surface area contributed by atoms with Crippen molar-refractivity contribution >= 4 is 0 Å². The number of hydrogen-bond donors (Lipinski definition) is 0. The van der Waals surface area contributed by atoms with Crippen molar-refractivity contribution in [3.05, 3.63) is 12.7 Å². The summed E-state index contributed by atoms with van der Waals surface area (Å²) in [5, 5.41) is 0. The van der Waals surface area contributed by atoms with E-state index in [0.717, 1.165) is 0 Å². The van der Waals surface area contributed by atoms with Crippen LogP contribution in [-0.2, 0) is 0 Å². The molecule has 0 atom stereocenters. The quantitative estimate of drug-likeness (QED) is 0.391. The molecule has 0 saturated heterocycles. The Morgan fingerprint density at radius 1 is 2.00 bits per heavy atom. The predicted octanol–water partition coefficient (Wildman–Crippen LogP) is 0.455. The molecule has 0 aromatic carbocycles. The summed E-state index contributed by atoms with van der Waals surface area (Å²) >= 11 is 0. The average Bonchev–Trinajstić information content (AvgIpc) is 1.37. The maximum Gasteiger partial charge on any atom is 0.0278 e. The first-order valence-electron chi connectivity index (χ1n) is 1.17. The van der Waals surface area contributed by atoms with Gasteiger partial charge in [0, 0.05) is 6.54 Å². The van der Waals surface area contributed by atoms with Crippen LogP contribution < -0.4 is 5.73 Å². The van der Waals surface area contributed by atoms with E-state index in [-0.39, 0.29) is 0 Å². The zero-order valence-corrected chi connectivity index (χ0v) is 2.49. The molecule has 1 heteroatoms. The fraction of sp³-hybridized carbons (Fsp3) is 0.333. The maximum atomic E-state index is 6.33. The van der Waals surface area contributed by atoms with Crippen LogP contribution in [0.25, 0.3) is 0 Å². The molecule has 0 amide bonds. The number of nitrogens with one attached hydrogen (secondary N) is 1. The highest BCUT2D eigenvalue weighted by Crippen LogP contribution is 1.44. The monoisotopic (exact) mass is 58.1 g/mol. The van der Waals surface area contributed by atoms with Gasteiger partial charge in [0.15, 0.2) is 0 Å². The highest BCUT2D eigenvalue weighted by Gasteiger charge is 1.45. The van der Waals surface area contributed by atoms with E-state index in [4.69, 9.17) is 5.73 Å². The molecule has 0 aromatic rings. The van der Waals surface area contributed by atoms with E-state index in [1.54, 1.807) is 6.08 Å². The molecule has 0 fully saturated rings. The van der Waals surface area contributed by atoms with Crippen molar-refractivity contribution in [1.82, 2.24) is 5.73 Å². The molecule has 0 saturated carbocycles. The molecular weight excluding hydrogens is 52.0 g/mol. The normalized spacial score (nSPS) is 6.25. The van der Waals surface area contributed by atoms with Crippen LogP contribution in [0.2, 0.25) is 0 Å². The SMILES string of the molecule is C=C[14CH2][NH]. The maximum absolute atomic E-state index is 6.33. The van der Waals surface area contributed by atoms with Crippen molar-refractivity contribution in [3.8, 4) is 0 Å². The van der Waals surface area contributed by atoms with Crippen LogP contribution in [0, 0.1) is 0 Å². The fourth-order valence-electron chi connectivity index (χ4n) is 0. The first kappa shape index (κ1) is 3.70. The van der Waals surface area contributed by atoms with Crippen molar-refractivity contribution in [3.63, 3.8) is 0 Å². The van der Waals surface area contributed by atoms with E-state index in [2.05, 4.69) is 6.58 Å². The molecule has 1 N–H and O–H groups in total. The Morgan fingerprint density at radius 2 is 2.25 bits per heavy atom. The lowest BCUT2D eigenvalue weighted by Crippen LogP contribution is -1.68. The molecule has 1 radical (unpaired) electrons. The zero-order chi connectivity index (χ0) is 3.41. The van der Waals surface area contributed by atoms with Crippen molar-refractivity contribution in [2.24, 2.45) is 0 Å². The molecule has 0 heterocycles. The third-order valence-electron chi connectivity index (χ3n) is 0.144. The third-order valence-corrected chi connectivity index (χ3v) is 0.144. The molecule has 1 nitrogen and oxygen atoms in total. The van der Waals surface area contributed by atoms with Crippen LogP contribution in [0.4, 0.5) is 0 Å². The van der Waals surface area contributed by atoms with Gasteiger partial charge in [-0.2, -0.15) is 0 Å². The standard InChI is InChI=1S/C3H6N/c1-2-3-4/h2,4H,1,3H2/i3+2. The molecule has 0 spiro atoms. The summed E-state index contributed by atoms with van der Waals surface area (Å²) in [6, 6.07) is 0. The zero-order valence-electron chi connectivity index (χ0n) is 2.49. The van der Waals surface area contributed by atoms with E-state index >= 15 is 0 Å². The van der Waals surface area contributed by atoms with E-state index in [1.165, 1.54) is 0 Å². The van der Waals surface area contributed by atoms with Gasteiger partial charge in [0.05, 0.1) is 0 Å². The molecule has 23 valence electrons. The van der Waals surface area contributed by atoms with Crippen LogP contribution in [0.1, 0.15) is 0 Å². The Kier molecular flexibility index (Phi) is 2.50. The van der Waals surface area contributed by atoms with Crippen molar-refractivity contribution in [2.45, 2.75) is 0 Å². The summed E-state index contributed by atoms with van der Waals surface area (Å²) in [7, 11) is 0. The van der Waals surface area contributed by atoms with E-state index in [1.807, 2.05) is 0 Å². The van der Waals surface area contributed by atoms with Gasteiger partial charge in [0.1, 0.15) is 0 Å². The van der Waals surface area contributed by atoms with Crippen LogP contribution in [-0.4, -0.2) is 6.54 Å². The average molecular weight is 58.1 g/mol. The van der Waals surface area contributed by atoms with Gasteiger partial charge < -0.3 is 0 Å². The Bertz CT molecular complexity index is 17.2. The second-order valence-corrected chi connectivity index (χ2v) is 0.493. The Balaban J connectivity index is 2.30. The Hall–Kier alpha value is -0.300. The summed E-state index contributed by atoms with van der Waals surface area (Å²) in [5.41, 5.74) is 6.33. The summed E-state index contributed by atoms with van der Waals surface area (Å²) in [6.45, 7) is 3.62. The van der Waals surface area contributed by atoms with Gasteiger partial charge >= 0.3 is 0 Å². The molecule has 0 aliphatic rings. The van der Waals surface area contributed by atoms with Gasteiger partial charge in [-0.15, -0.1) is 6.58 Å². The number of rotatable bonds is 1. The largest absolute Gasteiger partial charge is 0.254 e. The van der Waals surface area contributed by atoms with Crippen molar-refractivity contribution < 1.29 is 0 Å². The van der Waals surface area contributed by atoms with Crippen LogP contribution in [0.3, 0.4) is 0 Å². The minimum Gasteiger partial charge on any atom is -0.254 e. The summed E-state index contributed by atoms with van der Waals surface area (Å²) < 4.78 is 0.